The van der Waals surface area contributed by atoms with Crippen LogP contribution in [0.1, 0.15) is 21.6 Å². The molecule has 0 radical (unpaired) electrons. The molecule has 30 heavy (non-hydrogen) atoms. The van der Waals surface area contributed by atoms with Crippen LogP contribution < -0.4 is 10.1 Å². The topological polar surface area (TPSA) is 81.4 Å². The summed E-state index contributed by atoms with van der Waals surface area (Å²) in [6.45, 7) is 1.81. The summed E-state index contributed by atoms with van der Waals surface area (Å²) in [5, 5.41) is 8.63. The number of hydrogen-bond donors (Lipinski definition) is 1. The second kappa shape index (κ2) is 8.73. The van der Waals surface area contributed by atoms with E-state index >= 15 is 0 Å². The molecule has 0 aliphatic carbocycles. The molecule has 9 heteroatoms. The van der Waals surface area contributed by atoms with E-state index < -0.39 is 0 Å². The lowest BCUT2D eigenvalue weighted by Crippen LogP contribution is -2.16. The van der Waals surface area contributed by atoms with Crippen LogP contribution in [-0.2, 0) is 5.75 Å². The molecule has 2 aromatic heterocycles. The summed E-state index contributed by atoms with van der Waals surface area (Å²) in [6.07, 6.45) is 1.51. The minimum Gasteiger partial charge on any atom is -0.497 e. The number of amides is 1. The van der Waals surface area contributed by atoms with Crippen LogP contribution in [0.3, 0.4) is 0 Å². The molecule has 2 aromatic carbocycles. The second-order valence-electron chi connectivity index (χ2n) is 6.43. The summed E-state index contributed by atoms with van der Waals surface area (Å²) in [5.74, 6) is 1.53. The van der Waals surface area contributed by atoms with Gasteiger partial charge in [0.25, 0.3) is 11.7 Å². The second-order valence-corrected chi connectivity index (χ2v) is 7.78. The summed E-state index contributed by atoms with van der Waals surface area (Å²) in [5.41, 5.74) is 2.75. The molecule has 0 saturated heterocycles. The number of methoxy groups -OCH3 is 1. The zero-order valence-electron chi connectivity index (χ0n) is 16.3. The number of halogens is 1. The highest BCUT2D eigenvalue weighted by molar-refractivity contribution is 7.98. The Hall–Kier alpha value is -3.10. The van der Waals surface area contributed by atoms with Gasteiger partial charge in [-0.3, -0.25) is 4.79 Å². The number of anilines is 1. The molecule has 0 aliphatic heterocycles. The maximum Gasteiger partial charge on any atom is 0.259 e. The molecule has 1 amide bonds. The van der Waals surface area contributed by atoms with Gasteiger partial charge in [-0.15, -0.1) is 5.10 Å². The molecular weight excluding hydrogens is 422 g/mol. The summed E-state index contributed by atoms with van der Waals surface area (Å²) in [7, 11) is 1.59. The van der Waals surface area contributed by atoms with E-state index in [1.54, 1.807) is 35.9 Å². The first kappa shape index (κ1) is 20.2. The number of aromatic nitrogens is 4. The molecule has 0 fully saturated rings. The Balaban J connectivity index is 1.53. The largest absolute Gasteiger partial charge is 0.497 e. The Bertz CT molecular complexity index is 1210. The molecule has 0 saturated carbocycles. The molecule has 0 atom stereocenters. The number of ether oxygens (including phenoxy) is 1. The summed E-state index contributed by atoms with van der Waals surface area (Å²) in [4.78, 5) is 21.5. The number of fused-ring (bicyclic) bond motifs is 1. The van der Waals surface area contributed by atoms with Crippen molar-refractivity contribution in [3.05, 3.63) is 76.6 Å². The van der Waals surface area contributed by atoms with E-state index in [0.717, 1.165) is 11.3 Å². The summed E-state index contributed by atoms with van der Waals surface area (Å²) < 4.78 is 6.71. The van der Waals surface area contributed by atoms with Crippen LogP contribution in [-0.4, -0.2) is 32.6 Å². The number of aryl methyl sites for hydroxylation is 1. The third-order valence-corrected chi connectivity index (χ3v) is 5.75. The van der Waals surface area contributed by atoms with E-state index in [0.29, 0.717) is 38.7 Å². The first-order valence-corrected chi connectivity index (χ1v) is 10.5. The van der Waals surface area contributed by atoms with E-state index in [2.05, 4.69) is 20.4 Å². The van der Waals surface area contributed by atoms with Crippen molar-refractivity contribution in [1.29, 1.82) is 0 Å². The van der Waals surface area contributed by atoms with Gasteiger partial charge in [-0.2, -0.15) is 9.50 Å². The predicted octanol–water partition coefficient (Wildman–Crippen LogP) is 4.64. The normalized spacial score (nSPS) is 10.9. The number of thioether (sulfide) groups is 1. The molecule has 0 spiro atoms. The van der Waals surface area contributed by atoms with Crippen LogP contribution in [0.4, 0.5) is 5.69 Å². The first-order chi connectivity index (χ1) is 14.5. The average Bonchev–Trinajstić information content (AvgIpc) is 3.18. The Labute approximate surface area is 182 Å². The third-order valence-electron chi connectivity index (χ3n) is 4.49. The first-order valence-electron chi connectivity index (χ1n) is 9.09. The minimum atomic E-state index is -0.271. The highest BCUT2D eigenvalue weighted by atomic mass is 35.5. The van der Waals surface area contributed by atoms with Crippen LogP contribution in [0.15, 0.2) is 59.9 Å². The van der Waals surface area contributed by atoms with Gasteiger partial charge in [-0.1, -0.05) is 41.6 Å². The summed E-state index contributed by atoms with van der Waals surface area (Å²) >= 11 is 7.67. The lowest BCUT2D eigenvalue weighted by molar-refractivity contribution is 0.102. The van der Waals surface area contributed by atoms with Gasteiger partial charge >= 0.3 is 0 Å². The van der Waals surface area contributed by atoms with Gasteiger partial charge in [0.15, 0.2) is 0 Å². The standard InChI is InChI=1S/C21H18ClN5O2S/c1-13-17(19(28)24-15-7-9-16(29-2)10-8-15)11-23-20-25-21(26-27(13)20)30-12-14-5-3-4-6-18(14)22/h3-11H,12H2,1-2H3,(H,24,28). The molecule has 4 rings (SSSR count). The Morgan fingerprint density at radius 3 is 2.70 bits per heavy atom. The van der Waals surface area contributed by atoms with Crippen molar-refractivity contribution in [3.8, 4) is 5.75 Å². The fourth-order valence-corrected chi connectivity index (χ4v) is 3.94. The molecule has 0 aliphatic rings. The molecule has 152 valence electrons. The minimum absolute atomic E-state index is 0.271. The maximum atomic E-state index is 12.7. The van der Waals surface area contributed by atoms with Crippen LogP contribution in [0.2, 0.25) is 5.02 Å². The Kier molecular flexibility index (Phi) is 5.87. The molecule has 2 heterocycles. The van der Waals surface area contributed by atoms with Gasteiger partial charge in [0, 0.05) is 22.7 Å². The fraction of sp³-hybridized carbons (Fsp3) is 0.143. The van der Waals surface area contributed by atoms with Gasteiger partial charge in [-0.05, 0) is 42.8 Å². The van der Waals surface area contributed by atoms with Gasteiger partial charge in [0.05, 0.1) is 18.4 Å². The number of carbonyl (C=O) groups is 1. The van der Waals surface area contributed by atoms with Crippen molar-refractivity contribution in [2.45, 2.75) is 17.8 Å². The molecule has 0 unspecified atom stereocenters. The molecule has 0 bridgehead atoms. The smallest absolute Gasteiger partial charge is 0.259 e. The van der Waals surface area contributed by atoms with Crippen molar-refractivity contribution >= 4 is 40.7 Å². The van der Waals surface area contributed by atoms with Crippen molar-refractivity contribution in [1.82, 2.24) is 19.6 Å². The van der Waals surface area contributed by atoms with Crippen molar-refractivity contribution < 1.29 is 9.53 Å². The maximum absolute atomic E-state index is 12.7. The third kappa shape index (κ3) is 4.24. The number of nitrogens with one attached hydrogen (secondary N) is 1. The molecule has 7 nitrogen and oxygen atoms in total. The number of rotatable bonds is 6. The lowest BCUT2D eigenvalue weighted by atomic mass is 10.2. The van der Waals surface area contributed by atoms with E-state index in [-0.39, 0.29) is 5.91 Å². The van der Waals surface area contributed by atoms with Crippen molar-refractivity contribution in [2.24, 2.45) is 0 Å². The average molecular weight is 440 g/mol. The van der Waals surface area contributed by atoms with E-state index in [4.69, 9.17) is 16.3 Å². The van der Waals surface area contributed by atoms with Crippen molar-refractivity contribution in [2.75, 3.05) is 12.4 Å². The fourth-order valence-electron chi connectivity index (χ4n) is 2.84. The van der Waals surface area contributed by atoms with Gasteiger partial charge < -0.3 is 10.1 Å². The Morgan fingerprint density at radius 1 is 1.20 bits per heavy atom. The van der Waals surface area contributed by atoms with E-state index in [9.17, 15) is 4.79 Å². The lowest BCUT2D eigenvalue weighted by Gasteiger charge is -2.08. The van der Waals surface area contributed by atoms with Crippen LogP contribution in [0.25, 0.3) is 5.78 Å². The molecule has 4 aromatic rings. The van der Waals surface area contributed by atoms with Gasteiger partial charge in [0.1, 0.15) is 5.75 Å². The monoisotopic (exact) mass is 439 g/mol. The van der Waals surface area contributed by atoms with E-state index in [1.165, 1.54) is 18.0 Å². The molecular formula is C21H18ClN5O2S. The number of benzene rings is 2. The Morgan fingerprint density at radius 2 is 1.97 bits per heavy atom. The quantitative estimate of drug-likeness (QED) is 0.441. The van der Waals surface area contributed by atoms with E-state index in [1.807, 2.05) is 31.2 Å². The highest BCUT2D eigenvalue weighted by Crippen LogP contribution is 2.25. The molecule has 1 N–H and O–H groups in total. The van der Waals surface area contributed by atoms with Crippen LogP contribution in [0, 0.1) is 6.92 Å². The van der Waals surface area contributed by atoms with Gasteiger partial charge in [0.2, 0.25) is 5.16 Å². The SMILES string of the molecule is COc1ccc(NC(=O)c2cnc3nc(SCc4ccccc4Cl)nn3c2C)cc1. The van der Waals surface area contributed by atoms with Crippen molar-refractivity contribution in [3.63, 3.8) is 0 Å². The predicted molar refractivity (Wildman–Crippen MR) is 117 cm³/mol. The van der Waals surface area contributed by atoms with Crippen LogP contribution >= 0.6 is 23.4 Å². The summed E-state index contributed by atoms with van der Waals surface area (Å²) in [6, 6.07) is 14.8. The number of nitrogens with zero attached hydrogens (tertiary/aromatic N) is 4. The number of hydrogen-bond acceptors (Lipinski definition) is 6. The zero-order chi connectivity index (χ0) is 21.1. The number of carbonyl (C=O) groups excluding carboxylic acids is 1. The zero-order valence-corrected chi connectivity index (χ0v) is 17.9. The highest BCUT2D eigenvalue weighted by Gasteiger charge is 2.16. The van der Waals surface area contributed by atoms with Gasteiger partial charge in [-0.25, -0.2) is 4.98 Å². The van der Waals surface area contributed by atoms with Crippen LogP contribution in [0.5, 0.6) is 5.75 Å².